The van der Waals surface area contributed by atoms with Gasteiger partial charge in [0.2, 0.25) is 8.32 Å². The normalized spacial score (nSPS) is 13.5. The fraction of sp³-hybridized carbons (Fsp3) is 0.577. The van der Waals surface area contributed by atoms with Gasteiger partial charge < -0.3 is 9.33 Å². The Hall–Kier alpha value is -1.64. The molecule has 1 aromatic heterocycles. The van der Waals surface area contributed by atoms with Crippen LogP contribution in [0, 0.1) is 13.8 Å². The highest BCUT2D eigenvalue weighted by Gasteiger charge is 2.40. The summed E-state index contributed by atoms with van der Waals surface area (Å²) in [5.74, 6) is 0.945. The molecule has 0 aliphatic carbocycles. The first-order valence-electron chi connectivity index (χ1n) is 11.9. The molecule has 0 aliphatic heterocycles. The van der Waals surface area contributed by atoms with Gasteiger partial charge in [0.1, 0.15) is 16.3 Å². The van der Waals surface area contributed by atoms with Gasteiger partial charge in [-0.25, -0.2) is 0 Å². The first-order valence-corrected chi connectivity index (χ1v) is 17.0. The molecular formula is C26H42N2O3S2Si. The average Bonchev–Trinajstić information content (AvgIpc) is 3.12. The number of aryl methyl sites for hydroxylation is 2. The second-order valence-electron chi connectivity index (χ2n) is 10.9. The third-order valence-corrected chi connectivity index (χ3v) is 14.7. The third kappa shape index (κ3) is 5.77. The van der Waals surface area contributed by atoms with Gasteiger partial charge in [-0.3, -0.25) is 0 Å². The van der Waals surface area contributed by atoms with E-state index in [1.165, 1.54) is 23.2 Å². The van der Waals surface area contributed by atoms with Gasteiger partial charge in [0.15, 0.2) is 0 Å². The van der Waals surface area contributed by atoms with Crippen LogP contribution in [0.2, 0.25) is 18.1 Å². The second-order valence-corrected chi connectivity index (χ2v) is 18.5. The molecule has 0 atom stereocenters. The number of thiophene rings is 1. The molecule has 2 aromatic rings. The molecule has 0 unspecified atom stereocenters. The SMILES string of the molecule is CCC(CC)(c1ccc(O[Si](C)(C)C(C)(C)C)c(C)c1)c1cc(C)c(S(=O)(=O)/N=C/N(C)C)s1. The Kier molecular flexibility index (Phi) is 8.54. The van der Waals surface area contributed by atoms with E-state index in [-0.39, 0.29) is 10.5 Å². The Labute approximate surface area is 212 Å². The summed E-state index contributed by atoms with van der Waals surface area (Å²) in [4.78, 5) is 2.69. The third-order valence-electron chi connectivity index (χ3n) is 7.10. The molecule has 0 aliphatic rings. The summed E-state index contributed by atoms with van der Waals surface area (Å²) in [6, 6.07) is 8.52. The van der Waals surface area contributed by atoms with E-state index in [9.17, 15) is 8.42 Å². The smallest absolute Gasteiger partial charge is 0.293 e. The second kappa shape index (κ2) is 10.2. The highest BCUT2D eigenvalue weighted by molar-refractivity contribution is 7.92. The van der Waals surface area contributed by atoms with Crippen molar-refractivity contribution in [3.63, 3.8) is 0 Å². The van der Waals surface area contributed by atoms with E-state index in [1.54, 1.807) is 19.0 Å². The number of rotatable bonds is 9. The molecule has 0 saturated carbocycles. The molecule has 0 radical (unpaired) electrons. The van der Waals surface area contributed by atoms with Crippen LogP contribution in [0.1, 0.15) is 69.0 Å². The molecule has 0 amide bonds. The molecule has 1 aromatic carbocycles. The minimum Gasteiger partial charge on any atom is -0.543 e. The maximum absolute atomic E-state index is 12.9. The molecule has 8 heteroatoms. The zero-order chi connectivity index (χ0) is 26.1. The molecule has 34 heavy (non-hydrogen) atoms. The molecule has 0 saturated heterocycles. The summed E-state index contributed by atoms with van der Waals surface area (Å²) in [5, 5.41) is 0.125. The maximum atomic E-state index is 12.9. The Morgan fingerprint density at radius 1 is 1.06 bits per heavy atom. The summed E-state index contributed by atoms with van der Waals surface area (Å²) >= 11 is 1.35. The van der Waals surface area contributed by atoms with Crippen molar-refractivity contribution in [3.8, 4) is 5.75 Å². The van der Waals surface area contributed by atoms with Crippen LogP contribution < -0.4 is 4.43 Å². The Bertz CT molecular complexity index is 1140. The van der Waals surface area contributed by atoms with Crippen molar-refractivity contribution in [1.29, 1.82) is 0 Å². The fourth-order valence-corrected chi connectivity index (χ4v) is 7.84. The van der Waals surface area contributed by atoms with E-state index in [0.717, 1.165) is 34.6 Å². The van der Waals surface area contributed by atoms with Crippen molar-refractivity contribution < 1.29 is 12.8 Å². The van der Waals surface area contributed by atoms with E-state index < -0.39 is 18.3 Å². The molecule has 1 heterocycles. The van der Waals surface area contributed by atoms with Gasteiger partial charge in [-0.2, -0.15) is 8.42 Å². The van der Waals surface area contributed by atoms with Crippen LogP contribution in [-0.4, -0.2) is 42.1 Å². The topological polar surface area (TPSA) is 59.0 Å². The van der Waals surface area contributed by atoms with Gasteiger partial charge in [-0.1, -0.05) is 46.8 Å². The quantitative estimate of drug-likeness (QED) is 0.200. The number of benzene rings is 1. The van der Waals surface area contributed by atoms with E-state index in [1.807, 2.05) is 13.0 Å². The van der Waals surface area contributed by atoms with Crippen LogP contribution in [0.3, 0.4) is 0 Å². The molecule has 0 fully saturated rings. The van der Waals surface area contributed by atoms with E-state index >= 15 is 0 Å². The fourth-order valence-electron chi connectivity index (χ4n) is 3.80. The van der Waals surface area contributed by atoms with Crippen LogP contribution in [0.4, 0.5) is 0 Å². The van der Waals surface area contributed by atoms with Gasteiger partial charge in [-0.05, 0) is 73.6 Å². The molecule has 0 N–H and O–H groups in total. The summed E-state index contributed by atoms with van der Waals surface area (Å²) < 4.78 is 36.6. The lowest BCUT2D eigenvalue weighted by Gasteiger charge is -2.37. The monoisotopic (exact) mass is 522 g/mol. The number of hydrogen-bond donors (Lipinski definition) is 0. The van der Waals surface area contributed by atoms with E-state index in [2.05, 4.69) is 77.2 Å². The van der Waals surface area contributed by atoms with Crippen molar-refractivity contribution in [2.45, 2.75) is 89.1 Å². The van der Waals surface area contributed by atoms with Gasteiger partial charge in [0.05, 0.1) is 0 Å². The Morgan fingerprint density at radius 2 is 1.65 bits per heavy atom. The van der Waals surface area contributed by atoms with Crippen molar-refractivity contribution in [3.05, 3.63) is 45.8 Å². The molecule has 2 rings (SSSR count). The predicted molar refractivity (Wildman–Crippen MR) is 149 cm³/mol. The highest BCUT2D eigenvalue weighted by atomic mass is 32.2. The number of sulfonamides is 1. The van der Waals surface area contributed by atoms with E-state index in [4.69, 9.17) is 4.43 Å². The van der Waals surface area contributed by atoms with Gasteiger partial charge in [0, 0.05) is 24.4 Å². The first kappa shape index (κ1) is 28.6. The lowest BCUT2D eigenvalue weighted by molar-refractivity contribution is 0.477. The lowest BCUT2D eigenvalue weighted by atomic mass is 9.74. The van der Waals surface area contributed by atoms with Crippen molar-refractivity contribution >= 4 is 36.0 Å². The van der Waals surface area contributed by atoms with E-state index in [0.29, 0.717) is 4.21 Å². The van der Waals surface area contributed by atoms with Gasteiger partial charge >= 0.3 is 0 Å². The summed E-state index contributed by atoms with van der Waals surface area (Å²) in [6.45, 7) is 19.6. The molecular weight excluding hydrogens is 481 g/mol. The van der Waals surface area contributed by atoms with Crippen molar-refractivity contribution in [1.82, 2.24) is 4.90 Å². The predicted octanol–water partition coefficient (Wildman–Crippen LogP) is 7.13. The average molecular weight is 523 g/mol. The van der Waals surface area contributed by atoms with Crippen molar-refractivity contribution in [2.75, 3.05) is 14.1 Å². The van der Waals surface area contributed by atoms with Crippen LogP contribution in [0.25, 0.3) is 0 Å². The minimum absolute atomic E-state index is 0.125. The molecule has 0 spiro atoms. The Balaban J connectivity index is 2.56. The summed E-state index contributed by atoms with van der Waals surface area (Å²) in [5.41, 5.74) is 2.79. The van der Waals surface area contributed by atoms with Crippen molar-refractivity contribution in [2.24, 2.45) is 4.40 Å². The largest absolute Gasteiger partial charge is 0.543 e. The van der Waals surface area contributed by atoms with Gasteiger partial charge in [-0.15, -0.1) is 15.7 Å². The highest BCUT2D eigenvalue weighted by Crippen LogP contribution is 2.46. The standard InChI is InChI=1S/C26H42N2O3S2Si/c1-12-26(13-2,23-17-20(4)24(32-23)33(29,30)27-18-28(8)9)21-14-15-22(19(3)16-21)31-34(10,11)25(5,6)7/h14-18H,12-13H2,1-11H3/b27-18+. The van der Waals surface area contributed by atoms with Crippen LogP contribution in [0.5, 0.6) is 5.75 Å². The first-order chi connectivity index (χ1) is 15.5. The molecule has 190 valence electrons. The molecule has 0 bridgehead atoms. The lowest BCUT2D eigenvalue weighted by Crippen LogP contribution is -2.44. The maximum Gasteiger partial charge on any atom is 0.293 e. The summed E-state index contributed by atoms with van der Waals surface area (Å²) in [7, 11) is -2.17. The number of hydrogen-bond acceptors (Lipinski definition) is 4. The summed E-state index contributed by atoms with van der Waals surface area (Å²) in [6.07, 6.45) is 3.07. The number of nitrogens with zero attached hydrogens (tertiary/aromatic N) is 2. The Morgan fingerprint density at radius 3 is 2.12 bits per heavy atom. The zero-order valence-corrected chi connectivity index (χ0v) is 25.4. The van der Waals surface area contributed by atoms with Crippen LogP contribution in [-0.2, 0) is 15.4 Å². The van der Waals surface area contributed by atoms with Crippen LogP contribution in [0.15, 0.2) is 32.9 Å². The van der Waals surface area contributed by atoms with Crippen LogP contribution >= 0.6 is 11.3 Å². The zero-order valence-electron chi connectivity index (χ0n) is 22.7. The molecule has 5 nitrogen and oxygen atoms in total. The minimum atomic E-state index is -3.74. The van der Waals surface area contributed by atoms with Gasteiger partial charge in [0.25, 0.3) is 10.0 Å².